The molecule has 1 aromatic rings. The van der Waals surface area contributed by atoms with Gasteiger partial charge in [-0.05, 0) is 31.7 Å². The number of carbonyl (C=O) groups excluding carboxylic acids is 2. The quantitative estimate of drug-likeness (QED) is 0.872. The molecule has 1 fully saturated rings. The van der Waals surface area contributed by atoms with Gasteiger partial charge in [0, 0.05) is 30.1 Å². The second-order valence-corrected chi connectivity index (χ2v) is 6.18. The van der Waals surface area contributed by atoms with Crippen molar-refractivity contribution in [3.63, 3.8) is 0 Å². The van der Waals surface area contributed by atoms with E-state index in [0.29, 0.717) is 22.9 Å². The van der Waals surface area contributed by atoms with Crippen LogP contribution in [0.3, 0.4) is 0 Å². The van der Waals surface area contributed by atoms with Gasteiger partial charge in [0.2, 0.25) is 0 Å². The lowest BCUT2D eigenvalue weighted by Crippen LogP contribution is -2.49. The van der Waals surface area contributed by atoms with Crippen molar-refractivity contribution < 1.29 is 9.59 Å². The Hall–Kier alpha value is -0.910. The third kappa shape index (κ3) is 3.59. The first kappa shape index (κ1) is 17.1. The molecule has 0 aromatic carbocycles. The lowest BCUT2D eigenvalue weighted by atomic mass is 9.92. The summed E-state index contributed by atoms with van der Waals surface area (Å²) in [6, 6.07) is 1.82. The van der Waals surface area contributed by atoms with E-state index in [9.17, 15) is 9.59 Å². The van der Waals surface area contributed by atoms with E-state index in [2.05, 4.69) is 6.92 Å². The Kier molecular flexibility index (Phi) is 6.17. The first-order valence-corrected chi connectivity index (χ1v) is 7.51. The number of thiophene rings is 1. The predicted octanol–water partition coefficient (Wildman–Crippen LogP) is 2.57. The molecule has 6 heteroatoms. The zero-order chi connectivity index (χ0) is 14.0. The normalized spacial score (nSPS) is 22.2. The van der Waals surface area contributed by atoms with Crippen molar-refractivity contribution in [3.8, 4) is 0 Å². The zero-order valence-electron chi connectivity index (χ0n) is 11.8. The Morgan fingerprint density at radius 2 is 2.20 bits per heavy atom. The van der Waals surface area contributed by atoms with Crippen molar-refractivity contribution in [2.45, 2.75) is 32.7 Å². The Morgan fingerprint density at radius 3 is 2.75 bits per heavy atom. The highest BCUT2D eigenvalue weighted by Crippen LogP contribution is 2.25. The zero-order valence-corrected chi connectivity index (χ0v) is 13.4. The van der Waals surface area contributed by atoms with Crippen LogP contribution >= 0.6 is 23.7 Å². The van der Waals surface area contributed by atoms with Gasteiger partial charge >= 0.3 is 0 Å². The molecule has 1 aromatic heterocycles. The van der Waals surface area contributed by atoms with Gasteiger partial charge in [-0.1, -0.05) is 6.92 Å². The fourth-order valence-corrected chi connectivity index (χ4v) is 3.42. The second kappa shape index (κ2) is 7.20. The number of hydrogen-bond donors (Lipinski definition) is 1. The van der Waals surface area contributed by atoms with E-state index in [0.717, 1.165) is 19.4 Å². The standard InChI is InChI=1S/C14H20N2O2S.ClH/c1-9-3-4-16(12(5-9)7-15)14(18)13-6-11(8-19-13)10(2)17;/h6,8-9,12H,3-5,7,15H2,1-2H3;1H. The van der Waals surface area contributed by atoms with Gasteiger partial charge in [0.05, 0.1) is 4.88 Å². The lowest BCUT2D eigenvalue weighted by Gasteiger charge is -2.37. The number of nitrogens with zero attached hydrogens (tertiary/aromatic N) is 1. The first-order valence-electron chi connectivity index (χ1n) is 6.63. The summed E-state index contributed by atoms with van der Waals surface area (Å²) in [4.78, 5) is 26.3. The van der Waals surface area contributed by atoms with Crippen LogP contribution in [0.25, 0.3) is 0 Å². The van der Waals surface area contributed by atoms with E-state index >= 15 is 0 Å². The van der Waals surface area contributed by atoms with Gasteiger partial charge in [-0.2, -0.15) is 0 Å². The van der Waals surface area contributed by atoms with E-state index in [-0.39, 0.29) is 30.1 Å². The van der Waals surface area contributed by atoms with E-state index in [1.54, 1.807) is 11.4 Å². The van der Waals surface area contributed by atoms with E-state index in [4.69, 9.17) is 5.73 Å². The molecule has 0 aliphatic carbocycles. The Bertz CT molecular complexity index is 489. The van der Waals surface area contributed by atoms with Crippen LogP contribution in [0.4, 0.5) is 0 Å². The highest BCUT2D eigenvalue weighted by molar-refractivity contribution is 7.12. The number of halogens is 1. The molecule has 2 N–H and O–H groups in total. The van der Waals surface area contributed by atoms with Crippen LogP contribution < -0.4 is 5.73 Å². The average Bonchev–Trinajstić information content (AvgIpc) is 2.87. The number of amides is 1. The largest absolute Gasteiger partial charge is 0.334 e. The van der Waals surface area contributed by atoms with Crippen molar-refractivity contribution in [1.82, 2.24) is 4.90 Å². The SMILES string of the molecule is CC(=O)c1csc(C(=O)N2CCC(C)CC2CN)c1.Cl. The topological polar surface area (TPSA) is 63.4 Å². The maximum atomic E-state index is 12.5. The molecule has 4 nitrogen and oxygen atoms in total. The van der Waals surface area contributed by atoms with Gasteiger partial charge in [0.1, 0.15) is 0 Å². The summed E-state index contributed by atoms with van der Waals surface area (Å²) in [6.07, 6.45) is 1.99. The van der Waals surface area contributed by atoms with Gasteiger partial charge in [0.15, 0.2) is 5.78 Å². The van der Waals surface area contributed by atoms with Gasteiger partial charge in [0.25, 0.3) is 5.91 Å². The number of likely N-dealkylation sites (tertiary alicyclic amines) is 1. The van der Waals surface area contributed by atoms with Gasteiger partial charge in [-0.3, -0.25) is 9.59 Å². The summed E-state index contributed by atoms with van der Waals surface area (Å²) in [6.45, 7) is 4.97. The molecule has 1 aliphatic rings. The molecule has 1 saturated heterocycles. The summed E-state index contributed by atoms with van der Waals surface area (Å²) in [5, 5.41) is 1.75. The van der Waals surface area contributed by atoms with E-state index < -0.39 is 0 Å². The fourth-order valence-electron chi connectivity index (χ4n) is 2.52. The summed E-state index contributed by atoms with van der Waals surface area (Å²) in [5.41, 5.74) is 6.39. The molecular formula is C14H21ClN2O2S. The molecule has 112 valence electrons. The number of ketones is 1. The van der Waals surface area contributed by atoms with Crippen LogP contribution in [-0.2, 0) is 0 Å². The fraction of sp³-hybridized carbons (Fsp3) is 0.571. The molecule has 2 atom stereocenters. The number of hydrogen-bond acceptors (Lipinski definition) is 4. The summed E-state index contributed by atoms with van der Waals surface area (Å²) in [7, 11) is 0. The minimum Gasteiger partial charge on any atom is -0.334 e. The first-order chi connectivity index (χ1) is 9.02. The highest BCUT2D eigenvalue weighted by atomic mass is 35.5. The number of piperidine rings is 1. The van der Waals surface area contributed by atoms with Gasteiger partial charge in [-0.15, -0.1) is 23.7 Å². The molecule has 0 bridgehead atoms. The maximum Gasteiger partial charge on any atom is 0.264 e. The number of Topliss-reactive ketones (excluding diaryl/α,β-unsaturated/α-hetero) is 1. The molecule has 20 heavy (non-hydrogen) atoms. The molecule has 0 spiro atoms. The minimum absolute atomic E-state index is 0. The molecule has 1 amide bonds. The van der Waals surface area contributed by atoms with Crippen LogP contribution in [-0.4, -0.2) is 35.7 Å². The summed E-state index contributed by atoms with van der Waals surface area (Å²) < 4.78 is 0. The van der Waals surface area contributed by atoms with Gasteiger partial charge < -0.3 is 10.6 Å². The van der Waals surface area contributed by atoms with Crippen molar-refractivity contribution in [2.75, 3.05) is 13.1 Å². The van der Waals surface area contributed by atoms with E-state index in [1.807, 2.05) is 4.90 Å². The Balaban J connectivity index is 0.00000200. The van der Waals surface area contributed by atoms with E-state index in [1.165, 1.54) is 18.3 Å². The third-order valence-corrected chi connectivity index (χ3v) is 4.65. The highest BCUT2D eigenvalue weighted by Gasteiger charge is 2.30. The van der Waals surface area contributed by atoms with Crippen LogP contribution in [0, 0.1) is 5.92 Å². The van der Waals surface area contributed by atoms with Crippen molar-refractivity contribution in [2.24, 2.45) is 11.7 Å². The van der Waals surface area contributed by atoms with Crippen LogP contribution in [0.2, 0.25) is 0 Å². The van der Waals surface area contributed by atoms with Gasteiger partial charge in [-0.25, -0.2) is 0 Å². The Morgan fingerprint density at radius 1 is 1.50 bits per heavy atom. The monoisotopic (exact) mass is 316 g/mol. The molecule has 0 saturated carbocycles. The van der Waals surface area contributed by atoms with Crippen LogP contribution in [0.1, 0.15) is 46.7 Å². The molecule has 2 unspecified atom stereocenters. The molecule has 2 rings (SSSR count). The summed E-state index contributed by atoms with van der Waals surface area (Å²) >= 11 is 1.34. The maximum absolute atomic E-state index is 12.5. The average molecular weight is 317 g/mol. The number of rotatable bonds is 3. The van der Waals surface area contributed by atoms with Crippen molar-refractivity contribution >= 4 is 35.4 Å². The third-order valence-electron chi connectivity index (χ3n) is 3.73. The van der Waals surface area contributed by atoms with Crippen molar-refractivity contribution in [1.29, 1.82) is 0 Å². The molecular weight excluding hydrogens is 296 g/mol. The smallest absolute Gasteiger partial charge is 0.264 e. The molecule has 2 heterocycles. The lowest BCUT2D eigenvalue weighted by molar-refractivity contribution is 0.0578. The number of carbonyl (C=O) groups is 2. The van der Waals surface area contributed by atoms with Crippen LogP contribution in [0.5, 0.6) is 0 Å². The minimum atomic E-state index is -0.00191. The molecule has 1 aliphatic heterocycles. The molecule has 0 radical (unpaired) electrons. The predicted molar refractivity (Wildman–Crippen MR) is 83.8 cm³/mol. The Labute approximate surface area is 129 Å². The number of nitrogens with two attached hydrogens (primary N) is 1. The van der Waals surface area contributed by atoms with Crippen molar-refractivity contribution in [3.05, 3.63) is 21.9 Å². The summed E-state index contributed by atoms with van der Waals surface area (Å²) in [5.74, 6) is 0.631. The van der Waals surface area contributed by atoms with Crippen LogP contribution in [0.15, 0.2) is 11.4 Å². The second-order valence-electron chi connectivity index (χ2n) is 5.27.